The minimum Gasteiger partial charge on any atom is -0.624 e. The van der Waals surface area contributed by atoms with Crippen molar-refractivity contribution in [2.45, 2.75) is 0 Å². The number of aromatic nitrogens is 2. The van der Waals surface area contributed by atoms with Crippen LogP contribution in [0.5, 0.6) is 5.75 Å². The molecule has 0 aliphatic carbocycles. The Morgan fingerprint density at radius 1 is 0.941 bits per heavy atom. The van der Waals surface area contributed by atoms with Crippen molar-refractivity contribution in [3.63, 3.8) is 0 Å². The van der Waals surface area contributed by atoms with Crippen molar-refractivity contribution in [1.29, 1.82) is 0 Å². The second-order valence-electron chi connectivity index (χ2n) is 6.94. The first kappa shape index (κ1) is 23.3. The molecular formula is C26H15F2IrN3O2-2. The van der Waals surface area contributed by atoms with Gasteiger partial charge in [-0.25, -0.2) is 4.98 Å². The quantitative estimate of drug-likeness (QED) is 0.196. The molecule has 1 radical (unpaired) electrons. The first-order chi connectivity index (χ1) is 16.2. The third-order valence-corrected chi connectivity index (χ3v) is 4.65. The van der Waals surface area contributed by atoms with Gasteiger partial charge in [0.15, 0.2) is 5.58 Å². The molecule has 6 rings (SSSR count). The summed E-state index contributed by atoms with van der Waals surface area (Å²) in [5.74, 6) is 0.455. The van der Waals surface area contributed by atoms with Gasteiger partial charge in [0, 0.05) is 49.9 Å². The number of hydrogen-bond donors (Lipinski definition) is 0. The average Bonchev–Trinajstić information content (AvgIpc) is 3.43. The molecule has 5 aromatic rings. The maximum Gasteiger partial charge on any atom is 0.221 e. The summed E-state index contributed by atoms with van der Waals surface area (Å²) in [6, 6.07) is 24.8. The predicted molar refractivity (Wildman–Crippen MR) is 120 cm³/mol. The Morgan fingerprint density at radius 2 is 1.74 bits per heavy atom. The molecule has 1 aliphatic heterocycles. The molecule has 0 amide bonds. The Morgan fingerprint density at radius 3 is 2.50 bits per heavy atom. The fraction of sp³-hybridized carbons (Fsp3) is 0. The molecule has 34 heavy (non-hydrogen) atoms. The Kier molecular flexibility index (Phi) is 7.11. The molecular weight excluding hydrogens is 617 g/mol. The van der Waals surface area contributed by atoms with Crippen LogP contribution < -0.4 is 4.74 Å². The molecule has 3 aromatic carbocycles. The van der Waals surface area contributed by atoms with Gasteiger partial charge < -0.3 is 19.5 Å². The van der Waals surface area contributed by atoms with Gasteiger partial charge in [-0.15, -0.1) is 12.1 Å². The average molecular weight is 632 g/mol. The van der Waals surface area contributed by atoms with Gasteiger partial charge in [0.2, 0.25) is 5.89 Å². The van der Waals surface area contributed by atoms with Gasteiger partial charge in [0.25, 0.3) is 0 Å². The van der Waals surface area contributed by atoms with Gasteiger partial charge in [-0.1, -0.05) is 59.8 Å². The number of halogens is 2. The standard InChI is InChI=1S/C15H9N2O2.C11H6F2N.Ir/c1-3-7-12-10(5-1)16-14(18-12)9-15-17-11-6-2-4-8-13(11)19-15;12-8-4-5-9(10(13)7-8)11-3-1-2-6-14-11;/h1-9H;1-4,6-7H;/q2*-1;/b14-9+;;. The first-order valence-electron chi connectivity index (χ1n) is 10.00. The van der Waals surface area contributed by atoms with E-state index < -0.39 is 11.6 Å². The first-order valence-corrected chi connectivity index (χ1v) is 10.00. The Hall–Kier alpha value is -3.87. The number of hydrogen-bond acceptors (Lipinski definition) is 4. The predicted octanol–water partition coefficient (Wildman–Crippen LogP) is 7.05. The van der Waals surface area contributed by atoms with Crippen molar-refractivity contribution in [2.75, 3.05) is 0 Å². The van der Waals surface area contributed by atoms with Gasteiger partial charge in [-0.05, 0) is 30.0 Å². The summed E-state index contributed by atoms with van der Waals surface area (Å²) in [5, 5.41) is 4.36. The number of nitrogens with zero attached hydrogens (tertiary/aromatic N) is 3. The van der Waals surface area contributed by atoms with Crippen LogP contribution >= 0.6 is 0 Å². The summed E-state index contributed by atoms with van der Waals surface area (Å²) in [7, 11) is 0. The third kappa shape index (κ3) is 5.19. The fourth-order valence-electron chi connectivity index (χ4n) is 3.16. The van der Waals surface area contributed by atoms with E-state index in [9.17, 15) is 8.78 Å². The summed E-state index contributed by atoms with van der Waals surface area (Å²) in [6.45, 7) is 0. The largest absolute Gasteiger partial charge is 0.624 e. The Bertz CT molecular complexity index is 1400. The van der Waals surface area contributed by atoms with Gasteiger partial charge in [0.1, 0.15) is 11.3 Å². The molecule has 171 valence electrons. The number of para-hydroxylation sites is 4. The van der Waals surface area contributed by atoms with Gasteiger partial charge >= 0.3 is 0 Å². The third-order valence-electron chi connectivity index (χ3n) is 4.65. The topological polar surface area (TPSA) is 62.2 Å². The van der Waals surface area contributed by atoms with Crippen LogP contribution in [0.2, 0.25) is 0 Å². The number of benzene rings is 3. The van der Waals surface area contributed by atoms with Crippen LogP contribution in [-0.2, 0) is 20.1 Å². The van der Waals surface area contributed by atoms with E-state index in [0.29, 0.717) is 17.5 Å². The molecule has 0 bridgehead atoms. The number of rotatable bonds is 2. The summed E-state index contributed by atoms with van der Waals surface area (Å²) in [4.78, 5) is 8.30. The summed E-state index contributed by atoms with van der Waals surface area (Å²) in [6.07, 6.45) is 3.24. The van der Waals surface area contributed by atoms with E-state index in [4.69, 9.17) is 9.15 Å². The molecule has 0 spiro atoms. The minimum absolute atomic E-state index is 0. The molecule has 0 saturated heterocycles. The second-order valence-corrected chi connectivity index (χ2v) is 6.94. The van der Waals surface area contributed by atoms with Crippen LogP contribution in [0.3, 0.4) is 0 Å². The summed E-state index contributed by atoms with van der Waals surface area (Å²) >= 11 is 0. The van der Waals surface area contributed by atoms with Gasteiger partial charge in [-0.3, -0.25) is 8.78 Å². The summed E-state index contributed by atoms with van der Waals surface area (Å²) < 4.78 is 37.0. The normalized spacial score (nSPS) is 12.7. The zero-order valence-corrected chi connectivity index (χ0v) is 19.8. The van der Waals surface area contributed by atoms with Crippen LogP contribution in [0.1, 0.15) is 5.89 Å². The summed E-state index contributed by atoms with van der Waals surface area (Å²) in [5.41, 5.74) is 3.04. The SMILES string of the molecule is C(=C1/[N-]c2ccccc2O1)/c1nc2ccccc2o1.Fc1c[c-]c(-c2ccccn2)c(F)c1.[Ir]. The van der Waals surface area contributed by atoms with Crippen molar-refractivity contribution in [2.24, 2.45) is 0 Å². The van der Waals surface area contributed by atoms with Crippen LogP contribution in [0, 0.1) is 17.7 Å². The molecule has 3 heterocycles. The van der Waals surface area contributed by atoms with Crippen LogP contribution in [0.15, 0.2) is 95.4 Å². The molecule has 0 saturated carbocycles. The Balaban J connectivity index is 0.000000164. The van der Waals surface area contributed by atoms with Crippen molar-refractivity contribution >= 4 is 22.9 Å². The zero-order chi connectivity index (χ0) is 22.6. The van der Waals surface area contributed by atoms with Gasteiger partial charge in [0.05, 0.1) is 0 Å². The van der Waals surface area contributed by atoms with Crippen molar-refractivity contribution in [3.8, 4) is 17.0 Å². The van der Waals surface area contributed by atoms with Crippen LogP contribution in [0.25, 0.3) is 33.7 Å². The number of ether oxygens (including phenoxy) is 1. The van der Waals surface area contributed by atoms with Crippen LogP contribution in [-0.4, -0.2) is 9.97 Å². The zero-order valence-electron chi connectivity index (χ0n) is 17.4. The molecule has 0 atom stereocenters. The number of pyridine rings is 1. The monoisotopic (exact) mass is 632 g/mol. The van der Waals surface area contributed by atoms with E-state index >= 15 is 0 Å². The number of fused-ring (bicyclic) bond motifs is 2. The maximum atomic E-state index is 13.2. The molecule has 0 unspecified atom stereocenters. The molecule has 1 aliphatic rings. The van der Waals surface area contributed by atoms with Crippen molar-refractivity contribution < 1.29 is 38.0 Å². The molecule has 8 heteroatoms. The van der Waals surface area contributed by atoms with Gasteiger partial charge in [-0.2, -0.15) is 0 Å². The smallest absolute Gasteiger partial charge is 0.221 e. The van der Waals surface area contributed by atoms with Crippen molar-refractivity contribution in [1.82, 2.24) is 9.97 Å². The van der Waals surface area contributed by atoms with E-state index in [0.717, 1.165) is 34.7 Å². The Labute approximate surface area is 207 Å². The van der Waals surface area contributed by atoms with Crippen molar-refractivity contribution in [3.05, 3.63) is 120 Å². The maximum absolute atomic E-state index is 13.2. The number of oxazole rings is 1. The second kappa shape index (κ2) is 10.4. The van der Waals surface area contributed by atoms with E-state index in [1.807, 2.05) is 48.5 Å². The minimum atomic E-state index is -0.649. The fourth-order valence-corrected chi connectivity index (χ4v) is 3.16. The van der Waals surface area contributed by atoms with E-state index in [1.54, 1.807) is 30.5 Å². The molecule has 0 fully saturated rings. The molecule has 2 aromatic heterocycles. The van der Waals surface area contributed by atoms with E-state index in [1.165, 1.54) is 0 Å². The molecule has 0 N–H and O–H groups in total. The van der Waals surface area contributed by atoms with E-state index in [2.05, 4.69) is 21.4 Å². The molecule has 5 nitrogen and oxygen atoms in total. The van der Waals surface area contributed by atoms with Crippen LogP contribution in [0.4, 0.5) is 14.5 Å². The van der Waals surface area contributed by atoms with E-state index in [-0.39, 0.29) is 25.7 Å².